The number of hydrogen-bond acceptors (Lipinski definition) is 4. The molecule has 0 saturated carbocycles. The predicted molar refractivity (Wildman–Crippen MR) is 245 cm³/mol. The van der Waals surface area contributed by atoms with Crippen LogP contribution in [0.4, 0.5) is 34.1 Å². The summed E-state index contributed by atoms with van der Waals surface area (Å²) in [7, 11) is 0. The maximum absolute atomic E-state index is 7.47. The minimum absolute atomic E-state index is 0.0297. The van der Waals surface area contributed by atoms with Crippen LogP contribution < -0.4 is 31.1 Å². The van der Waals surface area contributed by atoms with Crippen LogP contribution in [0.1, 0.15) is 104 Å². The van der Waals surface area contributed by atoms with Crippen LogP contribution in [-0.2, 0) is 21.7 Å². The Morgan fingerprint density at radius 3 is 1.72 bits per heavy atom. The van der Waals surface area contributed by atoms with Crippen molar-refractivity contribution in [3.8, 4) is 11.5 Å². The summed E-state index contributed by atoms with van der Waals surface area (Å²) in [5.41, 5.74) is 17.0. The molecule has 0 radical (unpaired) electrons. The van der Waals surface area contributed by atoms with E-state index in [0.717, 1.165) is 62.1 Å². The Bertz CT molecular complexity index is 2790. The van der Waals surface area contributed by atoms with Gasteiger partial charge in [-0.2, -0.15) is 0 Å². The number of nitrogens with zero attached hydrogens (tertiary/aromatic N) is 2. The monoisotopic (exact) mass is 760 g/mol. The van der Waals surface area contributed by atoms with E-state index in [1.807, 2.05) is 0 Å². The van der Waals surface area contributed by atoms with Gasteiger partial charge in [0.15, 0.2) is 11.3 Å². The van der Waals surface area contributed by atoms with Gasteiger partial charge in [0, 0.05) is 50.4 Å². The van der Waals surface area contributed by atoms with Gasteiger partial charge >= 0.3 is 0 Å². The summed E-state index contributed by atoms with van der Waals surface area (Å²) >= 11 is 0. The number of para-hydroxylation sites is 1. The molecule has 10 rings (SSSR count). The zero-order chi connectivity index (χ0) is 40.7. The maximum atomic E-state index is 7.47. The van der Waals surface area contributed by atoms with E-state index in [1.54, 1.807) is 0 Å². The van der Waals surface area contributed by atoms with Crippen molar-refractivity contribution >= 4 is 68.4 Å². The molecule has 0 aliphatic carbocycles. The second-order valence-electron chi connectivity index (χ2n) is 20.3. The lowest BCUT2D eigenvalue weighted by atomic mass is 9.35. The second kappa shape index (κ2) is 12.2. The molecule has 7 aromatic rings. The zero-order valence-electron chi connectivity index (χ0n) is 35.8. The van der Waals surface area contributed by atoms with Crippen molar-refractivity contribution in [3.63, 3.8) is 0 Å². The van der Waals surface area contributed by atoms with E-state index in [-0.39, 0.29) is 28.4 Å². The Kier molecular flexibility index (Phi) is 7.69. The summed E-state index contributed by atoms with van der Waals surface area (Å²) < 4.78 is 14.4. The van der Waals surface area contributed by atoms with Crippen LogP contribution in [0.15, 0.2) is 126 Å². The molecule has 4 heterocycles. The van der Waals surface area contributed by atoms with Crippen molar-refractivity contribution in [2.75, 3.05) is 9.80 Å². The topological polar surface area (TPSA) is 28.9 Å². The summed E-state index contributed by atoms with van der Waals surface area (Å²) in [6, 6.07) is 45.2. The third-order valence-corrected chi connectivity index (χ3v) is 13.0. The van der Waals surface area contributed by atoms with E-state index in [9.17, 15) is 0 Å². The number of hydrogen-bond donors (Lipinski definition) is 0. The molecule has 0 unspecified atom stereocenters. The molecule has 6 aromatic carbocycles. The molecule has 4 nitrogen and oxygen atoms in total. The summed E-state index contributed by atoms with van der Waals surface area (Å²) in [6.07, 6.45) is 0. The number of furan rings is 1. The van der Waals surface area contributed by atoms with Crippen LogP contribution in [0.25, 0.3) is 11.0 Å². The number of benzene rings is 6. The van der Waals surface area contributed by atoms with Gasteiger partial charge in [-0.15, -0.1) is 0 Å². The Morgan fingerprint density at radius 2 is 1.10 bits per heavy atom. The van der Waals surface area contributed by atoms with Gasteiger partial charge in [-0.05, 0) is 98.5 Å². The average Bonchev–Trinajstić information content (AvgIpc) is 3.56. The fourth-order valence-corrected chi connectivity index (χ4v) is 9.62. The molecular weight excluding hydrogens is 707 g/mol. The van der Waals surface area contributed by atoms with Gasteiger partial charge in [0.2, 0.25) is 0 Å². The molecule has 3 aliphatic rings. The van der Waals surface area contributed by atoms with E-state index >= 15 is 0 Å². The van der Waals surface area contributed by atoms with Crippen molar-refractivity contribution in [3.05, 3.63) is 149 Å². The van der Waals surface area contributed by atoms with Crippen molar-refractivity contribution < 1.29 is 9.15 Å². The SMILES string of the molecule is CC(C)(C)c1ccc(N2c3ccc(C(C)(C)C)cc3B3c4oc5c6c(ccc5c4N(c4ccc(C(C)(C)C)cc4)c4cccc2c43)C(C)(C)c2ccccc2O6)cc1. The molecular formula is C53H53BN2O2. The van der Waals surface area contributed by atoms with Crippen LogP contribution in [0.3, 0.4) is 0 Å². The highest BCUT2D eigenvalue weighted by Gasteiger charge is 2.48. The molecule has 0 saturated heterocycles. The molecule has 5 heteroatoms. The normalized spacial score (nSPS) is 15.3. The summed E-state index contributed by atoms with van der Waals surface area (Å²) in [5, 5.41) is 1.05. The third-order valence-electron chi connectivity index (χ3n) is 13.0. The molecule has 0 fully saturated rings. The quantitative estimate of drug-likeness (QED) is 0.164. The van der Waals surface area contributed by atoms with E-state index in [0.29, 0.717) is 0 Å². The van der Waals surface area contributed by atoms with Gasteiger partial charge < -0.3 is 19.0 Å². The third kappa shape index (κ3) is 5.35. The Balaban J connectivity index is 1.29. The first-order valence-electron chi connectivity index (χ1n) is 20.9. The fraction of sp³-hybridized carbons (Fsp3) is 0.283. The molecule has 0 atom stereocenters. The molecule has 0 amide bonds. The highest BCUT2D eigenvalue weighted by Crippen LogP contribution is 2.54. The number of rotatable bonds is 2. The van der Waals surface area contributed by atoms with Crippen LogP contribution >= 0.6 is 0 Å². The minimum Gasteiger partial charge on any atom is -0.464 e. The van der Waals surface area contributed by atoms with E-state index in [2.05, 4.69) is 207 Å². The van der Waals surface area contributed by atoms with Crippen molar-refractivity contribution in [2.45, 2.75) is 97.8 Å². The van der Waals surface area contributed by atoms with Crippen molar-refractivity contribution in [1.29, 1.82) is 0 Å². The smallest absolute Gasteiger partial charge is 0.297 e. The fourth-order valence-electron chi connectivity index (χ4n) is 9.62. The molecule has 1 aromatic heterocycles. The predicted octanol–water partition coefficient (Wildman–Crippen LogP) is 12.8. The molecule has 0 spiro atoms. The van der Waals surface area contributed by atoms with Gasteiger partial charge in [-0.3, -0.25) is 0 Å². The van der Waals surface area contributed by atoms with E-state index in [1.165, 1.54) is 38.9 Å². The number of fused-ring (bicyclic) bond motifs is 9. The molecule has 58 heavy (non-hydrogen) atoms. The Morgan fingerprint density at radius 1 is 0.534 bits per heavy atom. The van der Waals surface area contributed by atoms with E-state index < -0.39 is 0 Å². The van der Waals surface area contributed by atoms with Crippen LogP contribution in [0.5, 0.6) is 11.5 Å². The van der Waals surface area contributed by atoms with Gasteiger partial charge in [0.25, 0.3) is 6.71 Å². The first-order valence-corrected chi connectivity index (χ1v) is 20.9. The van der Waals surface area contributed by atoms with Gasteiger partial charge in [0.05, 0.1) is 11.3 Å². The van der Waals surface area contributed by atoms with E-state index in [4.69, 9.17) is 9.15 Å². The average molecular weight is 761 g/mol. The lowest BCUT2D eigenvalue weighted by molar-refractivity contribution is 0.415. The maximum Gasteiger partial charge on any atom is 0.297 e. The highest BCUT2D eigenvalue weighted by atomic mass is 16.5. The first-order chi connectivity index (χ1) is 27.4. The van der Waals surface area contributed by atoms with Gasteiger partial charge in [0.1, 0.15) is 5.75 Å². The van der Waals surface area contributed by atoms with Crippen molar-refractivity contribution in [2.24, 2.45) is 0 Å². The molecule has 290 valence electrons. The first kappa shape index (κ1) is 36.7. The zero-order valence-corrected chi connectivity index (χ0v) is 35.8. The van der Waals surface area contributed by atoms with Crippen LogP contribution in [0, 0.1) is 0 Å². The van der Waals surface area contributed by atoms with Crippen molar-refractivity contribution in [1.82, 2.24) is 0 Å². The molecule has 0 N–H and O–H groups in total. The van der Waals surface area contributed by atoms with Gasteiger partial charge in [-0.1, -0.05) is 143 Å². The Hall–Kier alpha value is -5.68. The Labute approximate surface area is 344 Å². The lowest BCUT2D eigenvalue weighted by Crippen LogP contribution is -2.61. The highest BCUT2D eigenvalue weighted by molar-refractivity contribution is 7.00. The second-order valence-corrected chi connectivity index (χ2v) is 20.3. The number of ether oxygens (including phenoxy) is 1. The lowest BCUT2D eigenvalue weighted by Gasteiger charge is -2.43. The standard InChI is InChI=1S/C53H53BN2O2/c1-50(2,3)32-19-24-35(25-20-32)55-41-30-23-34(52(7,8)9)31-40(41)54-45-42(55)16-14-17-43(45)56(36-26-21-33(22-27-36)51(4,5)6)46-37-28-29-39-48(47(37)58-49(46)54)57-44-18-13-12-15-38(44)53(39,10)11/h12-31H,1-11H3. The minimum atomic E-state index is -0.271. The summed E-state index contributed by atoms with van der Waals surface area (Å²) in [6.45, 7) is 25.0. The van der Waals surface area contributed by atoms with Gasteiger partial charge in [-0.25, -0.2) is 0 Å². The summed E-state index contributed by atoms with van der Waals surface area (Å²) in [5.74, 6) is 1.69. The largest absolute Gasteiger partial charge is 0.464 e. The van der Waals surface area contributed by atoms with Crippen LogP contribution in [0.2, 0.25) is 0 Å². The van der Waals surface area contributed by atoms with Crippen LogP contribution in [-0.4, -0.2) is 6.71 Å². The number of anilines is 6. The molecule has 0 bridgehead atoms. The summed E-state index contributed by atoms with van der Waals surface area (Å²) in [4.78, 5) is 4.93. The molecule has 3 aliphatic heterocycles.